The number of benzene rings is 2. The van der Waals surface area contributed by atoms with Gasteiger partial charge in [0, 0.05) is 30.3 Å². The quantitative estimate of drug-likeness (QED) is 0.791. The van der Waals surface area contributed by atoms with Crippen molar-refractivity contribution in [3.8, 4) is 22.8 Å². The van der Waals surface area contributed by atoms with Gasteiger partial charge in [0.05, 0.1) is 0 Å². The third kappa shape index (κ3) is 2.50. The molecule has 114 valence electrons. The topological polar surface area (TPSA) is 59.8 Å². The lowest BCUT2D eigenvalue weighted by molar-refractivity contribution is -0.114. The zero-order valence-corrected chi connectivity index (χ0v) is 12.8. The molecule has 0 radical (unpaired) electrons. The number of nitrogens with zero attached hydrogens (tertiary/aromatic N) is 3. The van der Waals surface area contributed by atoms with E-state index in [9.17, 15) is 4.79 Å². The minimum Gasteiger partial charge on any atom is -0.326 e. The lowest BCUT2D eigenvalue weighted by Gasteiger charge is -2.15. The van der Waals surface area contributed by atoms with E-state index < -0.39 is 0 Å². The van der Waals surface area contributed by atoms with Gasteiger partial charge in [0.1, 0.15) is 0 Å². The molecule has 0 aliphatic carbocycles. The summed E-state index contributed by atoms with van der Waals surface area (Å²) in [5, 5.41) is 7.42. The second-order valence-electron chi connectivity index (χ2n) is 5.65. The zero-order valence-electron chi connectivity index (χ0n) is 12.8. The molecule has 0 atom stereocenters. The van der Waals surface area contributed by atoms with Crippen LogP contribution in [-0.2, 0) is 17.8 Å². The number of aryl methyl sites for hydroxylation is 2. The van der Waals surface area contributed by atoms with Crippen molar-refractivity contribution >= 4 is 11.6 Å². The number of aromatic nitrogens is 3. The summed E-state index contributed by atoms with van der Waals surface area (Å²) in [5.41, 5.74) is 4.11. The molecule has 2 aromatic carbocycles. The molecule has 1 N–H and O–H groups in total. The van der Waals surface area contributed by atoms with Gasteiger partial charge >= 0.3 is 0 Å². The summed E-state index contributed by atoms with van der Waals surface area (Å²) < 4.78 is 1.96. The standard InChI is InChI=1S/C18H16N4O/c1-12(23)19-15-7-4-6-14(11-15)17-20-18-16-8-3-2-5-13(16)9-10-22(18)21-17/h2-8,11H,9-10H2,1H3,(H,19,23). The fourth-order valence-corrected chi connectivity index (χ4v) is 2.94. The van der Waals surface area contributed by atoms with Crippen LogP contribution >= 0.6 is 0 Å². The summed E-state index contributed by atoms with van der Waals surface area (Å²) in [7, 11) is 0. The third-order valence-corrected chi connectivity index (χ3v) is 3.96. The molecule has 23 heavy (non-hydrogen) atoms. The first-order chi connectivity index (χ1) is 11.2. The molecule has 1 amide bonds. The Morgan fingerprint density at radius 2 is 2.04 bits per heavy atom. The molecule has 1 aromatic heterocycles. The molecular weight excluding hydrogens is 288 g/mol. The Labute approximate surface area is 134 Å². The van der Waals surface area contributed by atoms with Crippen LogP contribution in [0.4, 0.5) is 5.69 Å². The fourth-order valence-electron chi connectivity index (χ4n) is 2.94. The average Bonchev–Trinajstić information content (AvgIpc) is 2.99. The maximum atomic E-state index is 11.2. The first kappa shape index (κ1) is 13.7. The van der Waals surface area contributed by atoms with Gasteiger partial charge in [-0.25, -0.2) is 9.67 Å². The lowest BCUT2D eigenvalue weighted by Crippen LogP contribution is -2.12. The molecule has 1 aliphatic heterocycles. The molecule has 4 rings (SSSR count). The van der Waals surface area contributed by atoms with Gasteiger partial charge in [-0.15, -0.1) is 0 Å². The molecule has 0 saturated heterocycles. The van der Waals surface area contributed by atoms with Gasteiger partial charge in [0.2, 0.25) is 5.91 Å². The van der Waals surface area contributed by atoms with Gasteiger partial charge in [-0.3, -0.25) is 4.79 Å². The summed E-state index contributed by atoms with van der Waals surface area (Å²) in [6.07, 6.45) is 0.970. The van der Waals surface area contributed by atoms with Crippen LogP contribution in [0, 0.1) is 0 Å². The molecule has 2 heterocycles. The number of fused-ring (bicyclic) bond motifs is 3. The number of hydrogen-bond donors (Lipinski definition) is 1. The van der Waals surface area contributed by atoms with Crippen LogP contribution in [0.15, 0.2) is 48.5 Å². The monoisotopic (exact) mass is 304 g/mol. The number of nitrogens with one attached hydrogen (secondary N) is 1. The van der Waals surface area contributed by atoms with E-state index in [1.165, 1.54) is 12.5 Å². The minimum atomic E-state index is -0.0897. The molecule has 0 saturated carbocycles. The maximum Gasteiger partial charge on any atom is 0.221 e. The predicted molar refractivity (Wildman–Crippen MR) is 88.9 cm³/mol. The number of hydrogen-bond acceptors (Lipinski definition) is 3. The van der Waals surface area contributed by atoms with E-state index in [0.717, 1.165) is 35.6 Å². The molecule has 0 unspecified atom stereocenters. The van der Waals surface area contributed by atoms with Crippen LogP contribution < -0.4 is 5.32 Å². The Morgan fingerprint density at radius 3 is 2.91 bits per heavy atom. The lowest BCUT2D eigenvalue weighted by atomic mass is 10.0. The Hall–Kier alpha value is -2.95. The summed E-state index contributed by atoms with van der Waals surface area (Å²) in [4.78, 5) is 15.9. The second kappa shape index (κ2) is 5.35. The minimum absolute atomic E-state index is 0.0897. The van der Waals surface area contributed by atoms with Crippen LogP contribution in [0.1, 0.15) is 12.5 Å². The summed E-state index contributed by atoms with van der Waals surface area (Å²) in [6.45, 7) is 2.34. The number of carbonyl (C=O) groups is 1. The van der Waals surface area contributed by atoms with E-state index in [2.05, 4.69) is 28.6 Å². The normalized spacial score (nSPS) is 12.4. The summed E-state index contributed by atoms with van der Waals surface area (Å²) in [6, 6.07) is 15.9. The molecule has 3 aromatic rings. The Morgan fingerprint density at radius 1 is 1.17 bits per heavy atom. The van der Waals surface area contributed by atoms with Crippen LogP contribution in [0.5, 0.6) is 0 Å². The smallest absolute Gasteiger partial charge is 0.221 e. The van der Waals surface area contributed by atoms with Crippen LogP contribution in [0.25, 0.3) is 22.8 Å². The van der Waals surface area contributed by atoms with Crippen LogP contribution in [0.3, 0.4) is 0 Å². The average molecular weight is 304 g/mol. The number of anilines is 1. The number of amides is 1. The summed E-state index contributed by atoms with van der Waals surface area (Å²) >= 11 is 0. The van der Waals surface area contributed by atoms with Gasteiger partial charge in [-0.1, -0.05) is 36.4 Å². The fraction of sp³-hybridized carbons (Fsp3) is 0.167. The SMILES string of the molecule is CC(=O)Nc1cccc(-c2nc3n(n2)CCc2ccccc2-3)c1. The van der Waals surface area contributed by atoms with E-state index >= 15 is 0 Å². The molecule has 5 nitrogen and oxygen atoms in total. The van der Waals surface area contributed by atoms with Crippen molar-refractivity contribution in [2.24, 2.45) is 0 Å². The van der Waals surface area contributed by atoms with Crippen molar-refractivity contribution in [3.63, 3.8) is 0 Å². The highest BCUT2D eigenvalue weighted by atomic mass is 16.1. The van der Waals surface area contributed by atoms with Crippen molar-refractivity contribution < 1.29 is 4.79 Å². The third-order valence-electron chi connectivity index (χ3n) is 3.96. The second-order valence-corrected chi connectivity index (χ2v) is 5.65. The van der Waals surface area contributed by atoms with Gasteiger partial charge in [-0.2, -0.15) is 5.10 Å². The Kier molecular flexibility index (Phi) is 3.19. The van der Waals surface area contributed by atoms with E-state index in [0.29, 0.717) is 5.82 Å². The number of rotatable bonds is 2. The highest BCUT2D eigenvalue weighted by Crippen LogP contribution is 2.30. The highest BCUT2D eigenvalue weighted by molar-refractivity contribution is 5.89. The predicted octanol–water partition coefficient (Wildman–Crippen LogP) is 3.13. The van der Waals surface area contributed by atoms with E-state index in [1.54, 1.807) is 0 Å². The van der Waals surface area contributed by atoms with E-state index in [-0.39, 0.29) is 5.91 Å². The Bertz CT molecular complexity index is 898. The largest absolute Gasteiger partial charge is 0.326 e. The first-order valence-electron chi connectivity index (χ1n) is 7.62. The molecule has 0 fully saturated rings. The molecule has 0 bridgehead atoms. The van der Waals surface area contributed by atoms with Crippen molar-refractivity contribution in [1.82, 2.24) is 14.8 Å². The molecule has 0 spiro atoms. The zero-order chi connectivity index (χ0) is 15.8. The molecule has 5 heteroatoms. The van der Waals surface area contributed by atoms with Crippen LogP contribution in [-0.4, -0.2) is 20.7 Å². The van der Waals surface area contributed by atoms with Gasteiger partial charge < -0.3 is 5.32 Å². The van der Waals surface area contributed by atoms with Crippen LogP contribution in [0.2, 0.25) is 0 Å². The molecule has 1 aliphatic rings. The van der Waals surface area contributed by atoms with Gasteiger partial charge in [-0.05, 0) is 24.1 Å². The van der Waals surface area contributed by atoms with Gasteiger partial charge in [0.15, 0.2) is 11.6 Å². The van der Waals surface area contributed by atoms with E-state index in [1.807, 2.05) is 35.0 Å². The maximum absolute atomic E-state index is 11.2. The first-order valence-corrected chi connectivity index (χ1v) is 7.62. The molecular formula is C18H16N4O. The van der Waals surface area contributed by atoms with Gasteiger partial charge in [0.25, 0.3) is 0 Å². The van der Waals surface area contributed by atoms with Crippen molar-refractivity contribution in [1.29, 1.82) is 0 Å². The summed E-state index contributed by atoms with van der Waals surface area (Å²) in [5.74, 6) is 1.50. The van der Waals surface area contributed by atoms with Crippen molar-refractivity contribution in [2.75, 3.05) is 5.32 Å². The Balaban J connectivity index is 1.76. The van der Waals surface area contributed by atoms with E-state index in [4.69, 9.17) is 4.98 Å². The number of carbonyl (C=O) groups excluding carboxylic acids is 1. The van der Waals surface area contributed by atoms with Crippen molar-refractivity contribution in [3.05, 3.63) is 54.1 Å². The van der Waals surface area contributed by atoms with Crippen molar-refractivity contribution in [2.45, 2.75) is 19.9 Å². The highest BCUT2D eigenvalue weighted by Gasteiger charge is 2.20.